The highest BCUT2D eigenvalue weighted by molar-refractivity contribution is 5.83. The van der Waals surface area contributed by atoms with Crippen molar-refractivity contribution in [2.24, 2.45) is 0 Å². The summed E-state index contributed by atoms with van der Waals surface area (Å²) in [4.78, 5) is 3.21. The van der Waals surface area contributed by atoms with Gasteiger partial charge in [0.25, 0.3) is 0 Å². The molecule has 3 rings (SSSR count). The van der Waals surface area contributed by atoms with Crippen LogP contribution in [0.5, 0.6) is 5.75 Å². The van der Waals surface area contributed by atoms with Gasteiger partial charge in [-0.1, -0.05) is 30.3 Å². The zero-order chi connectivity index (χ0) is 15.6. The van der Waals surface area contributed by atoms with Crippen LogP contribution >= 0.6 is 0 Å². The molecular formula is C17H14F3NO. The van der Waals surface area contributed by atoms with Crippen LogP contribution in [0.4, 0.5) is 13.2 Å². The average molecular weight is 305 g/mol. The Morgan fingerprint density at radius 1 is 0.955 bits per heavy atom. The normalized spacial score (nSPS) is 11.8. The molecule has 0 aliphatic carbocycles. The SMILES string of the molecule is FC(F)(F)COc1ccc(Cc2c[nH]c3ccccc23)cc1. The van der Waals surface area contributed by atoms with Crippen LogP contribution in [0, 0.1) is 0 Å². The van der Waals surface area contributed by atoms with E-state index < -0.39 is 12.8 Å². The highest BCUT2D eigenvalue weighted by atomic mass is 19.4. The second-order valence-electron chi connectivity index (χ2n) is 5.08. The van der Waals surface area contributed by atoms with Gasteiger partial charge in [-0.2, -0.15) is 13.2 Å². The molecule has 114 valence electrons. The van der Waals surface area contributed by atoms with Gasteiger partial charge in [-0.25, -0.2) is 0 Å². The van der Waals surface area contributed by atoms with E-state index in [0.29, 0.717) is 6.42 Å². The van der Waals surface area contributed by atoms with Crippen molar-refractivity contribution in [3.63, 3.8) is 0 Å². The molecule has 2 nitrogen and oxygen atoms in total. The Labute approximate surface area is 125 Å². The van der Waals surface area contributed by atoms with Crippen molar-refractivity contribution in [3.8, 4) is 5.75 Å². The number of aromatic nitrogens is 1. The minimum atomic E-state index is -4.32. The van der Waals surface area contributed by atoms with Crippen molar-refractivity contribution in [1.29, 1.82) is 0 Å². The second-order valence-corrected chi connectivity index (χ2v) is 5.08. The summed E-state index contributed by atoms with van der Waals surface area (Å²) >= 11 is 0. The highest BCUT2D eigenvalue weighted by Crippen LogP contribution is 2.23. The molecule has 0 spiro atoms. The molecule has 2 aromatic carbocycles. The maximum Gasteiger partial charge on any atom is 0.422 e. The molecule has 0 saturated heterocycles. The Morgan fingerprint density at radius 2 is 1.68 bits per heavy atom. The van der Waals surface area contributed by atoms with E-state index in [1.54, 1.807) is 24.3 Å². The minimum Gasteiger partial charge on any atom is -0.484 e. The molecule has 0 saturated carbocycles. The first-order valence-electron chi connectivity index (χ1n) is 6.85. The van der Waals surface area contributed by atoms with Gasteiger partial charge < -0.3 is 9.72 Å². The van der Waals surface area contributed by atoms with Crippen molar-refractivity contribution in [3.05, 3.63) is 65.9 Å². The molecule has 0 fully saturated rings. The van der Waals surface area contributed by atoms with E-state index in [1.807, 2.05) is 30.5 Å². The molecule has 0 aliphatic rings. The maximum atomic E-state index is 12.1. The molecule has 0 atom stereocenters. The van der Waals surface area contributed by atoms with E-state index in [2.05, 4.69) is 4.98 Å². The maximum absolute atomic E-state index is 12.1. The van der Waals surface area contributed by atoms with Gasteiger partial charge in [0.1, 0.15) is 5.75 Å². The standard InChI is InChI=1S/C17H14F3NO/c18-17(19,20)11-22-14-7-5-12(6-8-14)9-13-10-21-16-4-2-1-3-15(13)16/h1-8,10,21H,9,11H2. The lowest BCUT2D eigenvalue weighted by molar-refractivity contribution is -0.153. The Hall–Kier alpha value is -2.43. The Balaban J connectivity index is 1.71. The number of halogens is 3. The summed E-state index contributed by atoms with van der Waals surface area (Å²) in [5.74, 6) is 0.222. The fourth-order valence-electron chi connectivity index (χ4n) is 2.37. The quantitative estimate of drug-likeness (QED) is 0.742. The van der Waals surface area contributed by atoms with E-state index >= 15 is 0 Å². The average Bonchev–Trinajstić information content (AvgIpc) is 2.89. The second kappa shape index (κ2) is 5.75. The predicted molar refractivity (Wildman–Crippen MR) is 79.1 cm³/mol. The number of hydrogen-bond acceptors (Lipinski definition) is 1. The van der Waals surface area contributed by atoms with Gasteiger partial charge in [-0.15, -0.1) is 0 Å². The molecule has 22 heavy (non-hydrogen) atoms. The number of benzene rings is 2. The molecule has 1 heterocycles. The summed E-state index contributed by atoms with van der Waals surface area (Å²) in [7, 11) is 0. The lowest BCUT2D eigenvalue weighted by Crippen LogP contribution is -2.19. The third kappa shape index (κ3) is 3.42. The first kappa shape index (κ1) is 14.5. The summed E-state index contributed by atoms with van der Waals surface area (Å²) in [6, 6.07) is 14.7. The van der Waals surface area contributed by atoms with Crippen LogP contribution in [0.3, 0.4) is 0 Å². The Kier molecular flexibility index (Phi) is 3.79. The van der Waals surface area contributed by atoms with Crippen molar-refractivity contribution < 1.29 is 17.9 Å². The smallest absolute Gasteiger partial charge is 0.422 e. The largest absolute Gasteiger partial charge is 0.484 e. The van der Waals surface area contributed by atoms with Gasteiger partial charge in [0, 0.05) is 17.1 Å². The minimum absolute atomic E-state index is 0.222. The zero-order valence-electron chi connectivity index (χ0n) is 11.7. The molecule has 0 unspecified atom stereocenters. The molecule has 0 bridgehead atoms. The number of alkyl halides is 3. The van der Waals surface area contributed by atoms with Gasteiger partial charge in [0.15, 0.2) is 6.61 Å². The van der Waals surface area contributed by atoms with Gasteiger partial charge in [0.05, 0.1) is 0 Å². The van der Waals surface area contributed by atoms with Gasteiger partial charge in [-0.3, -0.25) is 0 Å². The fraction of sp³-hybridized carbons (Fsp3) is 0.176. The predicted octanol–water partition coefficient (Wildman–Crippen LogP) is 4.70. The number of ether oxygens (including phenoxy) is 1. The third-order valence-electron chi connectivity index (χ3n) is 3.40. The third-order valence-corrected chi connectivity index (χ3v) is 3.40. The van der Waals surface area contributed by atoms with Crippen LogP contribution in [0.15, 0.2) is 54.7 Å². The number of rotatable bonds is 4. The Bertz CT molecular complexity index is 759. The Morgan fingerprint density at radius 3 is 2.41 bits per heavy atom. The molecule has 1 N–H and O–H groups in total. The molecular weight excluding hydrogens is 291 g/mol. The summed E-state index contributed by atoms with van der Waals surface area (Å²) < 4.78 is 41.0. The van der Waals surface area contributed by atoms with Crippen molar-refractivity contribution >= 4 is 10.9 Å². The van der Waals surface area contributed by atoms with E-state index in [0.717, 1.165) is 22.0 Å². The number of fused-ring (bicyclic) bond motifs is 1. The van der Waals surface area contributed by atoms with E-state index in [9.17, 15) is 13.2 Å². The molecule has 0 amide bonds. The monoisotopic (exact) mass is 305 g/mol. The van der Waals surface area contributed by atoms with Crippen LogP contribution in [-0.2, 0) is 6.42 Å². The molecule has 0 aliphatic heterocycles. The lowest BCUT2D eigenvalue weighted by atomic mass is 10.0. The number of hydrogen-bond donors (Lipinski definition) is 1. The van der Waals surface area contributed by atoms with Crippen LogP contribution in [0.2, 0.25) is 0 Å². The van der Waals surface area contributed by atoms with Gasteiger partial charge in [-0.05, 0) is 35.7 Å². The van der Waals surface area contributed by atoms with Crippen molar-refractivity contribution in [1.82, 2.24) is 4.98 Å². The van der Waals surface area contributed by atoms with E-state index in [-0.39, 0.29) is 5.75 Å². The topological polar surface area (TPSA) is 25.0 Å². The van der Waals surface area contributed by atoms with Crippen LogP contribution < -0.4 is 4.74 Å². The zero-order valence-corrected chi connectivity index (χ0v) is 11.7. The summed E-state index contributed by atoms with van der Waals surface area (Å²) in [6.07, 6.45) is -1.65. The highest BCUT2D eigenvalue weighted by Gasteiger charge is 2.28. The van der Waals surface area contributed by atoms with Crippen molar-refractivity contribution in [2.45, 2.75) is 12.6 Å². The summed E-state index contributed by atoms with van der Waals surface area (Å²) in [5, 5.41) is 1.15. The van der Waals surface area contributed by atoms with E-state index in [1.165, 1.54) is 0 Å². The van der Waals surface area contributed by atoms with Crippen LogP contribution in [0.1, 0.15) is 11.1 Å². The molecule has 0 radical (unpaired) electrons. The lowest BCUT2D eigenvalue weighted by Gasteiger charge is -2.09. The number of para-hydroxylation sites is 1. The molecule has 3 aromatic rings. The number of H-pyrrole nitrogens is 1. The van der Waals surface area contributed by atoms with Crippen molar-refractivity contribution in [2.75, 3.05) is 6.61 Å². The first-order chi connectivity index (χ1) is 10.5. The fourth-order valence-corrected chi connectivity index (χ4v) is 2.37. The van der Waals surface area contributed by atoms with Crippen LogP contribution in [0.25, 0.3) is 10.9 Å². The summed E-state index contributed by atoms with van der Waals surface area (Å²) in [6.45, 7) is -1.27. The number of nitrogens with one attached hydrogen (secondary N) is 1. The molecule has 1 aromatic heterocycles. The molecule has 5 heteroatoms. The van der Waals surface area contributed by atoms with Gasteiger partial charge >= 0.3 is 6.18 Å². The summed E-state index contributed by atoms with van der Waals surface area (Å²) in [5.41, 5.74) is 3.24. The van der Waals surface area contributed by atoms with Gasteiger partial charge in [0.2, 0.25) is 0 Å². The van der Waals surface area contributed by atoms with E-state index in [4.69, 9.17) is 4.74 Å². The first-order valence-corrected chi connectivity index (χ1v) is 6.85. The van der Waals surface area contributed by atoms with Crippen LogP contribution in [-0.4, -0.2) is 17.8 Å². The number of aromatic amines is 1.